The van der Waals surface area contributed by atoms with Gasteiger partial charge in [0, 0.05) is 18.3 Å². The first-order valence-electron chi connectivity index (χ1n) is 6.72. The molecule has 0 spiro atoms. The van der Waals surface area contributed by atoms with E-state index in [1.807, 2.05) is 6.07 Å². The molecule has 2 aromatic heterocycles. The lowest BCUT2D eigenvalue weighted by molar-refractivity contribution is 0.0943. The van der Waals surface area contributed by atoms with Gasteiger partial charge in [-0.1, -0.05) is 12.1 Å². The van der Waals surface area contributed by atoms with Crippen LogP contribution in [0.1, 0.15) is 21.7 Å². The molecule has 22 heavy (non-hydrogen) atoms. The van der Waals surface area contributed by atoms with Gasteiger partial charge in [0.1, 0.15) is 23.0 Å². The summed E-state index contributed by atoms with van der Waals surface area (Å²) >= 11 is 0. The average molecular weight is 301 g/mol. The molecular weight excluding hydrogens is 288 g/mol. The minimum Gasteiger partial charge on any atom is -0.346 e. The summed E-state index contributed by atoms with van der Waals surface area (Å²) in [6.45, 7) is 1.49. The zero-order valence-corrected chi connectivity index (χ0v) is 11.8. The van der Waals surface area contributed by atoms with Gasteiger partial charge in [0.2, 0.25) is 0 Å². The highest BCUT2D eigenvalue weighted by atomic mass is 19.1. The number of pyridine rings is 1. The SMILES string of the molecule is Cc1nc2ccccn2c1C(=O)NCc1c(F)cccc1F. The summed E-state index contributed by atoms with van der Waals surface area (Å²) in [7, 11) is 0. The van der Waals surface area contributed by atoms with Gasteiger partial charge in [0.15, 0.2) is 0 Å². The number of halogens is 2. The Bertz CT molecular complexity index is 837. The van der Waals surface area contributed by atoms with Crippen molar-refractivity contribution in [1.82, 2.24) is 14.7 Å². The van der Waals surface area contributed by atoms with Gasteiger partial charge in [0.05, 0.1) is 5.69 Å². The molecule has 112 valence electrons. The quantitative estimate of drug-likeness (QED) is 0.808. The molecule has 0 aliphatic rings. The van der Waals surface area contributed by atoms with Crippen LogP contribution < -0.4 is 5.32 Å². The summed E-state index contributed by atoms with van der Waals surface area (Å²) in [4.78, 5) is 16.6. The molecule has 1 aromatic carbocycles. The maximum atomic E-state index is 13.6. The smallest absolute Gasteiger partial charge is 0.270 e. The Morgan fingerprint density at radius 3 is 2.64 bits per heavy atom. The Kier molecular flexibility index (Phi) is 3.58. The molecule has 0 fully saturated rings. The van der Waals surface area contributed by atoms with Crippen molar-refractivity contribution in [3.8, 4) is 0 Å². The number of nitrogens with zero attached hydrogens (tertiary/aromatic N) is 2. The van der Waals surface area contributed by atoms with Crippen molar-refractivity contribution in [3.63, 3.8) is 0 Å². The van der Waals surface area contributed by atoms with Crippen LogP contribution in [-0.4, -0.2) is 15.3 Å². The number of benzene rings is 1. The highest BCUT2D eigenvalue weighted by Crippen LogP contribution is 2.14. The lowest BCUT2D eigenvalue weighted by atomic mass is 10.2. The lowest BCUT2D eigenvalue weighted by Crippen LogP contribution is -2.26. The van der Waals surface area contributed by atoms with Crippen LogP contribution in [0.3, 0.4) is 0 Å². The van der Waals surface area contributed by atoms with E-state index in [2.05, 4.69) is 10.3 Å². The number of carbonyl (C=O) groups excluding carboxylic acids is 1. The van der Waals surface area contributed by atoms with E-state index < -0.39 is 17.5 Å². The van der Waals surface area contributed by atoms with Gasteiger partial charge in [-0.3, -0.25) is 9.20 Å². The van der Waals surface area contributed by atoms with E-state index in [9.17, 15) is 13.6 Å². The number of amides is 1. The van der Waals surface area contributed by atoms with Crippen molar-refractivity contribution in [1.29, 1.82) is 0 Å². The summed E-state index contributed by atoms with van der Waals surface area (Å²) in [5.41, 5.74) is 1.38. The second-order valence-corrected chi connectivity index (χ2v) is 4.86. The van der Waals surface area contributed by atoms with E-state index in [0.717, 1.165) is 12.1 Å². The predicted molar refractivity (Wildman–Crippen MR) is 77.5 cm³/mol. The van der Waals surface area contributed by atoms with E-state index in [-0.39, 0.29) is 12.1 Å². The maximum Gasteiger partial charge on any atom is 0.270 e. The molecular formula is C16H13F2N3O. The molecule has 0 atom stereocenters. The van der Waals surface area contributed by atoms with Crippen molar-refractivity contribution in [3.05, 3.63) is 71.2 Å². The van der Waals surface area contributed by atoms with Gasteiger partial charge < -0.3 is 5.32 Å². The molecule has 2 heterocycles. The molecule has 0 bridgehead atoms. The van der Waals surface area contributed by atoms with Gasteiger partial charge >= 0.3 is 0 Å². The highest BCUT2D eigenvalue weighted by molar-refractivity contribution is 5.94. The third-order valence-electron chi connectivity index (χ3n) is 3.41. The average Bonchev–Trinajstić information content (AvgIpc) is 2.82. The number of aromatic nitrogens is 2. The van der Waals surface area contributed by atoms with Crippen molar-refractivity contribution >= 4 is 11.6 Å². The second-order valence-electron chi connectivity index (χ2n) is 4.86. The zero-order valence-electron chi connectivity index (χ0n) is 11.8. The first kappa shape index (κ1) is 14.2. The minimum absolute atomic E-state index is 0.165. The Labute approximate surface area is 125 Å². The minimum atomic E-state index is -0.685. The van der Waals surface area contributed by atoms with Crippen LogP contribution >= 0.6 is 0 Å². The Morgan fingerprint density at radius 1 is 1.18 bits per heavy atom. The number of imidazole rings is 1. The standard InChI is InChI=1S/C16H13F2N3O/c1-10-15(21-8-3-2-7-14(21)20-10)16(22)19-9-11-12(17)5-4-6-13(11)18/h2-8H,9H2,1H3,(H,19,22). The van der Waals surface area contributed by atoms with Crippen LogP contribution in [0, 0.1) is 18.6 Å². The van der Waals surface area contributed by atoms with Gasteiger partial charge in [-0.05, 0) is 31.2 Å². The summed E-state index contributed by atoms with van der Waals surface area (Å²) < 4.78 is 28.8. The molecule has 3 rings (SSSR count). The molecule has 0 saturated heterocycles. The third-order valence-corrected chi connectivity index (χ3v) is 3.41. The van der Waals surface area contributed by atoms with Crippen LogP contribution in [0.4, 0.5) is 8.78 Å². The number of hydrogen-bond acceptors (Lipinski definition) is 2. The third kappa shape index (κ3) is 2.43. The molecule has 0 saturated carbocycles. The van der Waals surface area contributed by atoms with E-state index in [4.69, 9.17) is 0 Å². The van der Waals surface area contributed by atoms with Crippen molar-refractivity contribution < 1.29 is 13.6 Å². The van der Waals surface area contributed by atoms with E-state index >= 15 is 0 Å². The zero-order chi connectivity index (χ0) is 15.7. The van der Waals surface area contributed by atoms with Crippen LogP contribution in [0.25, 0.3) is 5.65 Å². The van der Waals surface area contributed by atoms with Crippen molar-refractivity contribution in [2.75, 3.05) is 0 Å². The number of carbonyl (C=O) groups is 1. The molecule has 6 heteroatoms. The number of hydrogen-bond donors (Lipinski definition) is 1. The monoisotopic (exact) mass is 301 g/mol. The Morgan fingerprint density at radius 2 is 1.91 bits per heavy atom. The molecule has 1 amide bonds. The lowest BCUT2D eigenvalue weighted by Gasteiger charge is -2.08. The van der Waals surface area contributed by atoms with Gasteiger partial charge in [0.25, 0.3) is 5.91 Å². The molecule has 1 N–H and O–H groups in total. The largest absolute Gasteiger partial charge is 0.346 e. The number of aryl methyl sites for hydroxylation is 1. The van der Waals surface area contributed by atoms with Gasteiger partial charge in [-0.2, -0.15) is 0 Å². The van der Waals surface area contributed by atoms with E-state index in [0.29, 0.717) is 17.0 Å². The Balaban J connectivity index is 1.87. The van der Waals surface area contributed by atoms with Gasteiger partial charge in [-0.15, -0.1) is 0 Å². The number of fused-ring (bicyclic) bond motifs is 1. The fourth-order valence-corrected chi connectivity index (χ4v) is 2.34. The topological polar surface area (TPSA) is 46.4 Å². The fraction of sp³-hybridized carbons (Fsp3) is 0.125. The van der Waals surface area contributed by atoms with E-state index in [1.54, 1.807) is 29.7 Å². The second kappa shape index (κ2) is 5.55. The summed E-state index contributed by atoms with van der Waals surface area (Å²) in [5.74, 6) is -1.80. The fourth-order valence-electron chi connectivity index (χ4n) is 2.34. The van der Waals surface area contributed by atoms with Crippen LogP contribution in [0.15, 0.2) is 42.6 Å². The summed E-state index contributed by atoms with van der Waals surface area (Å²) in [5, 5.41) is 2.54. The molecule has 0 aliphatic heterocycles. The molecule has 0 radical (unpaired) electrons. The number of nitrogens with one attached hydrogen (secondary N) is 1. The van der Waals surface area contributed by atoms with Crippen LogP contribution in [-0.2, 0) is 6.54 Å². The molecule has 0 unspecified atom stereocenters. The summed E-state index contributed by atoms with van der Waals surface area (Å²) in [6.07, 6.45) is 1.72. The predicted octanol–water partition coefficient (Wildman–Crippen LogP) is 2.85. The molecule has 0 aliphatic carbocycles. The van der Waals surface area contributed by atoms with E-state index in [1.165, 1.54) is 6.07 Å². The normalized spacial score (nSPS) is 10.9. The summed E-state index contributed by atoms with van der Waals surface area (Å²) in [6, 6.07) is 8.97. The van der Waals surface area contributed by atoms with Gasteiger partial charge in [-0.25, -0.2) is 13.8 Å². The molecule has 4 nitrogen and oxygen atoms in total. The Hall–Kier alpha value is -2.76. The first-order valence-corrected chi connectivity index (χ1v) is 6.72. The maximum absolute atomic E-state index is 13.6. The molecule has 3 aromatic rings. The first-order chi connectivity index (χ1) is 10.6. The highest BCUT2D eigenvalue weighted by Gasteiger charge is 2.17. The van der Waals surface area contributed by atoms with Crippen molar-refractivity contribution in [2.45, 2.75) is 13.5 Å². The van der Waals surface area contributed by atoms with Crippen molar-refractivity contribution in [2.24, 2.45) is 0 Å². The number of rotatable bonds is 3. The van der Waals surface area contributed by atoms with Crippen LogP contribution in [0.2, 0.25) is 0 Å². The van der Waals surface area contributed by atoms with Crippen LogP contribution in [0.5, 0.6) is 0 Å².